The number of nitrogens with one attached hydrogen (secondary N) is 1. The third kappa shape index (κ3) is 3.83. The number of nitro benzene ring substituents is 1. The summed E-state index contributed by atoms with van der Waals surface area (Å²) in [7, 11) is 0. The van der Waals surface area contributed by atoms with Crippen LogP contribution in [0.25, 0.3) is 0 Å². The molecule has 0 saturated carbocycles. The van der Waals surface area contributed by atoms with Gasteiger partial charge in [0.05, 0.1) is 21.7 Å². The number of fused-ring (bicyclic) bond motifs is 2. The summed E-state index contributed by atoms with van der Waals surface area (Å²) in [6, 6.07) is 14.9. The molecule has 34 heavy (non-hydrogen) atoms. The summed E-state index contributed by atoms with van der Waals surface area (Å²) >= 11 is 0. The van der Waals surface area contributed by atoms with E-state index in [1.165, 1.54) is 50.2 Å². The van der Waals surface area contributed by atoms with E-state index in [2.05, 4.69) is 5.32 Å². The molecule has 170 valence electrons. The van der Waals surface area contributed by atoms with Gasteiger partial charge < -0.3 is 10.1 Å². The fourth-order valence-corrected chi connectivity index (χ4v) is 3.80. The summed E-state index contributed by atoms with van der Waals surface area (Å²) in [5, 5.41) is 13.7. The van der Waals surface area contributed by atoms with Crippen molar-refractivity contribution in [1.29, 1.82) is 0 Å². The molecule has 3 aromatic carbocycles. The van der Waals surface area contributed by atoms with E-state index in [1.54, 1.807) is 24.3 Å². The molecule has 1 amide bonds. The van der Waals surface area contributed by atoms with Crippen LogP contribution in [0.15, 0.2) is 60.7 Å². The zero-order valence-corrected chi connectivity index (χ0v) is 18.2. The van der Waals surface area contributed by atoms with Crippen LogP contribution in [0.4, 0.5) is 11.4 Å². The van der Waals surface area contributed by atoms with Crippen molar-refractivity contribution >= 4 is 34.8 Å². The summed E-state index contributed by atoms with van der Waals surface area (Å²) in [5.74, 6) is -2.37. The second-order valence-corrected chi connectivity index (χ2v) is 7.68. The van der Waals surface area contributed by atoms with Gasteiger partial charge in [-0.25, -0.2) is 4.79 Å². The number of rotatable bonds is 5. The lowest BCUT2D eigenvalue weighted by molar-refractivity contribution is -0.385. The highest BCUT2D eigenvalue weighted by molar-refractivity contribution is 6.30. The first-order valence-corrected chi connectivity index (χ1v) is 10.3. The number of ether oxygens (including phenoxy) is 1. The number of anilines is 1. The number of carbonyl (C=O) groups is 4. The highest BCUT2D eigenvalue weighted by Crippen LogP contribution is 2.32. The highest BCUT2D eigenvalue weighted by atomic mass is 16.6. The first kappa shape index (κ1) is 22.5. The van der Waals surface area contributed by atoms with Crippen LogP contribution in [0.5, 0.6) is 0 Å². The quantitative estimate of drug-likeness (QED) is 0.273. The molecule has 0 aliphatic heterocycles. The van der Waals surface area contributed by atoms with Crippen molar-refractivity contribution in [3.8, 4) is 0 Å². The largest absolute Gasteiger partial charge is 0.449 e. The van der Waals surface area contributed by atoms with Crippen LogP contribution >= 0.6 is 0 Å². The normalized spacial score (nSPS) is 12.9. The molecule has 0 heterocycles. The van der Waals surface area contributed by atoms with Gasteiger partial charge in [-0.05, 0) is 26.0 Å². The van der Waals surface area contributed by atoms with Gasteiger partial charge in [-0.2, -0.15) is 0 Å². The number of nitro groups is 1. The molecule has 0 saturated heterocycles. The van der Waals surface area contributed by atoms with Crippen LogP contribution in [0, 0.1) is 17.0 Å². The minimum absolute atomic E-state index is 0.0386. The number of ketones is 2. The van der Waals surface area contributed by atoms with E-state index in [1.807, 2.05) is 0 Å². The Morgan fingerprint density at radius 3 is 2.21 bits per heavy atom. The molecular formula is C25H18N2O7. The Morgan fingerprint density at radius 2 is 1.53 bits per heavy atom. The van der Waals surface area contributed by atoms with Crippen LogP contribution < -0.4 is 5.32 Å². The van der Waals surface area contributed by atoms with Gasteiger partial charge in [0.2, 0.25) is 0 Å². The van der Waals surface area contributed by atoms with Crippen molar-refractivity contribution < 1.29 is 28.8 Å². The number of amides is 1. The van der Waals surface area contributed by atoms with E-state index in [4.69, 9.17) is 4.74 Å². The minimum Gasteiger partial charge on any atom is -0.449 e. The van der Waals surface area contributed by atoms with Crippen molar-refractivity contribution in [2.45, 2.75) is 20.0 Å². The number of hydrogen-bond acceptors (Lipinski definition) is 7. The lowest BCUT2D eigenvalue weighted by atomic mass is 9.83. The van der Waals surface area contributed by atoms with Gasteiger partial charge in [-0.15, -0.1) is 0 Å². The summed E-state index contributed by atoms with van der Waals surface area (Å²) in [6.07, 6.45) is -1.29. The molecule has 1 unspecified atom stereocenters. The van der Waals surface area contributed by atoms with Crippen LogP contribution in [0.3, 0.4) is 0 Å². The second-order valence-electron chi connectivity index (χ2n) is 7.68. The van der Waals surface area contributed by atoms with Gasteiger partial charge >= 0.3 is 5.97 Å². The number of nitrogens with zero attached hydrogens (tertiary/aromatic N) is 1. The zero-order chi connectivity index (χ0) is 24.6. The van der Waals surface area contributed by atoms with Crippen molar-refractivity contribution in [3.63, 3.8) is 0 Å². The van der Waals surface area contributed by atoms with Gasteiger partial charge in [0.15, 0.2) is 17.7 Å². The molecule has 4 rings (SSSR count). The molecule has 1 N–H and O–H groups in total. The second kappa shape index (κ2) is 8.70. The van der Waals surface area contributed by atoms with Crippen LogP contribution in [-0.4, -0.2) is 34.5 Å². The number of benzene rings is 3. The first-order valence-electron chi connectivity index (χ1n) is 10.3. The predicted octanol–water partition coefficient (Wildman–Crippen LogP) is 3.86. The van der Waals surface area contributed by atoms with E-state index in [9.17, 15) is 29.3 Å². The van der Waals surface area contributed by atoms with Crippen LogP contribution in [0.2, 0.25) is 0 Å². The third-order valence-electron chi connectivity index (χ3n) is 5.59. The van der Waals surface area contributed by atoms with E-state index < -0.39 is 28.7 Å². The summed E-state index contributed by atoms with van der Waals surface area (Å²) < 4.78 is 5.21. The topological polar surface area (TPSA) is 133 Å². The fraction of sp³-hybridized carbons (Fsp3) is 0.120. The standard InChI is InChI=1S/C25H18N2O7/c1-13-15(9-6-12-20(13)27(32)33)25(31)34-14(2)24(30)26-19-11-5-10-18-21(19)23(29)17-8-4-3-7-16(17)22(18)28/h3-12,14H,1-2H3,(H,26,30). The maximum Gasteiger partial charge on any atom is 0.339 e. The number of esters is 1. The molecule has 0 fully saturated rings. The Bertz CT molecular complexity index is 1390. The van der Waals surface area contributed by atoms with Crippen molar-refractivity contribution in [2.75, 3.05) is 5.32 Å². The summed E-state index contributed by atoms with van der Waals surface area (Å²) in [6.45, 7) is 2.74. The minimum atomic E-state index is -1.29. The van der Waals surface area contributed by atoms with Crippen LogP contribution in [-0.2, 0) is 9.53 Å². The highest BCUT2D eigenvalue weighted by Gasteiger charge is 2.32. The summed E-state index contributed by atoms with van der Waals surface area (Å²) in [4.78, 5) is 61.7. The molecular weight excluding hydrogens is 440 g/mol. The Morgan fingerprint density at radius 1 is 0.912 bits per heavy atom. The van der Waals surface area contributed by atoms with Crippen molar-refractivity contribution in [1.82, 2.24) is 0 Å². The van der Waals surface area contributed by atoms with E-state index in [0.717, 1.165) is 0 Å². The monoisotopic (exact) mass is 458 g/mol. The third-order valence-corrected chi connectivity index (χ3v) is 5.59. The molecule has 0 aromatic heterocycles. The maximum atomic E-state index is 13.1. The van der Waals surface area contributed by atoms with Gasteiger partial charge in [0.1, 0.15) is 0 Å². The van der Waals surface area contributed by atoms with Gasteiger partial charge in [-0.1, -0.05) is 42.5 Å². The van der Waals surface area contributed by atoms with Crippen LogP contribution in [0.1, 0.15) is 54.7 Å². The lowest BCUT2D eigenvalue weighted by Crippen LogP contribution is -2.31. The molecule has 9 heteroatoms. The smallest absolute Gasteiger partial charge is 0.339 e. The average Bonchev–Trinajstić information content (AvgIpc) is 2.82. The summed E-state index contributed by atoms with van der Waals surface area (Å²) in [5.41, 5.74) is 0.704. The molecule has 9 nitrogen and oxygen atoms in total. The zero-order valence-electron chi connectivity index (χ0n) is 18.2. The predicted molar refractivity (Wildman–Crippen MR) is 121 cm³/mol. The lowest BCUT2D eigenvalue weighted by Gasteiger charge is -2.21. The molecule has 3 aromatic rings. The molecule has 1 aliphatic rings. The van der Waals surface area contributed by atoms with E-state index in [-0.39, 0.29) is 50.5 Å². The Kier molecular flexibility index (Phi) is 5.77. The first-order chi connectivity index (χ1) is 16.2. The Labute approximate surface area is 193 Å². The fourth-order valence-electron chi connectivity index (χ4n) is 3.80. The van der Waals surface area contributed by atoms with Crippen molar-refractivity contribution in [3.05, 3.63) is 104 Å². The van der Waals surface area contributed by atoms with Gasteiger partial charge in [0.25, 0.3) is 11.6 Å². The maximum absolute atomic E-state index is 13.1. The number of hydrogen-bond donors (Lipinski definition) is 1. The molecule has 1 atom stereocenters. The van der Waals surface area contributed by atoms with E-state index in [0.29, 0.717) is 0 Å². The molecule has 0 bridgehead atoms. The number of carbonyl (C=O) groups excluding carboxylic acids is 4. The molecule has 1 aliphatic carbocycles. The Balaban J connectivity index is 1.56. The molecule has 0 radical (unpaired) electrons. The van der Waals surface area contributed by atoms with Crippen molar-refractivity contribution in [2.24, 2.45) is 0 Å². The van der Waals surface area contributed by atoms with E-state index >= 15 is 0 Å². The van der Waals surface area contributed by atoms with Gasteiger partial charge in [0, 0.05) is 28.3 Å². The average molecular weight is 458 g/mol. The van der Waals surface area contributed by atoms with Gasteiger partial charge in [-0.3, -0.25) is 24.5 Å². The SMILES string of the molecule is Cc1c(C(=O)OC(C)C(=O)Nc2cccc3c2C(=O)c2ccccc2C3=O)cccc1[N+](=O)[O-]. The molecule has 0 spiro atoms. The Hall–Kier alpha value is -4.66.